The van der Waals surface area contributed by atoms with Crippen LogP contribution in [0.25, 0.3) is 0 Å². The number of primary amides is 1. The third-order valence-electron chi connectivity index (χ3n) is 3.11. The molecule has 1 saturated carbocycles. The average Bonchev–Trinajstić information content (AvgIpc) is 2.59. The second-order valence-electron chi connectivity index (χ2n) is 4.49. The van der Waals surface area contributed by atoms with Crippen LogP contribution in [0.4, 0.5) is 8.78 Å². The summed E-state index contributed by atoms with van der Waals surface area (Å²) < 4.78 is 27.3. The summed E-state index contributed by atoms with van der Waals surface area (Å²) in [4.78, 5) is 11.2. The van der Waals surface area contributed by atoms with Crippen molar-refractivity contribution in [3.8, 4) is 0 Å². The van der Waals surface area contributed by atoms with E-state index in [-0.39, 0.29) is 11.6 Å². The lowest BCUT2D eigenvalue weighted by Crippen LogP contribution is -2.31. The lowest BCUT2D eigenvalue weighted by atomic mass is 9.82. The molecule has 1 aliphatic carbocycles. The maximum atomic E-state index is 13.2. The molecule has 1 heterocycles. The van der Waals surface area contributed by atoms with Crippen molar-refractivity contribution in [3.63, 3.8) is 0 Å². The number of nitrogens with two attached hydrogens (primary N) is 1. The number of amides is 1. The molecular formula is C10H14F2N4O2. The third kappa shape index (κ3) is 2.33. The molecule has 0 spiro atoms. The smallest absolute Gasteiger partial charge is 0.289 e. The molecule has 1 aliphatic rings. The molecule has 1 amide bonds. The molecule has 3 N–H and O–H groups in total. The van der Waals surface area contributed by atoms with Crippen LogP contribution in [-0.2, 0) is 6.54 Å². The Labute approximate surface area is 102 Å². The van der Waals surface area contributed by atoms with Gasteiger partial charge in [-0.05, 0) is 12.8 Å². The molecule has 1 fully saturated rings. The van der Waals surface area contributed by atoms with Gasteiger partial charge in [0.2, 0.25) is 0 Å². The van der Waals surface area contributed by atoms with Gasteiger partial charge in [0.25, 0.3) is 11.8 Å². The minimum atomic E-state index is -3.29. The van der Waals surface area contributed by atoms with Gasteiger partial charge >= 0.3 is 0 Å². The fourth-order valence-corrected chi connectivity index (χ4v) is 1.97. The van der Waals surface area contributed by atoms with E-state index >= 15 is 0 Å². The van der Waals surface area contributed by atoms with Crippen LogP contribution < -0.4 is 5.73 Å². The highest BCUT2D eigenvalue weighted by Gasteiger charge is 2.35. The van der Waals surface area contributed by atoms with E-state index in [1.54, 1.807) is 0 Å². The van der Waals surface area contributed by atoms with Gasteiger partial charge in [-0.25, -0.2) is 13.5 Å². The van der Waals surface area contributed by atoms with E-state index in [1.807, 2.05) is 0 Å². The summed E-state index contributed by atoms with van der Waals surface area (Å²) in [6, 6.07) is 0. The molecular weight excluding hydrogens is 246 g/mol. The van der Waals surface area contributed by atoms with Gasteiger partial charge in [0, 0.05) is 5.92 Å². The van der Waals surface area contributed by atoms with E-state index in [2.05, 4.69) is 10.3 Å². The molecule has 0 radical (unpaired) electrons. The Hall–Kier alpha value is -1.57. The Balaban J connectivity index is 2.32. The fraction of sp³-hybridized carbons (Fsp3) is 0.700. The van der Waals surface area contributed by atoms with Crippen molar-refractivity contribution in [3.05, 3.63) is 11.4 Å². The minimum absolute atomic E-state index is 0.00278. The van der Waals surface area contributed by atoms with E-state index in [9.17, 15) is 13.6 Å². The molecule has 100 valence electrons. The highest BCUT2D eigenvalue weighted by Crippen LogP contribution is 2.37. The van der Waals surface area contributed by atoms with Gasteiger partial charge in [0.15, 0.2) is 5.69 Å². The van der Waals surface area contributed by atoms with Crippen molar-refractivity contribution < 1.29 is 18.7 Å². The molecule has 1 aromatic heterocycles. The molecule has 1 aromatic rings. The number of carbonyl (C=O) groups excluding carboxylic acids is 1. The van der Waals surface area contributed by atoms with Crippen LogP contribution in [0, 0.1) is 0 Å². The Bertz CT molecular complexity index is 457. The molecule has 0 aromatic carbocycles. The van der Waals surface area contributed by atoms with Crippen molar-refractivity contribution in [2.75, 3.05) is 6.61 Å². The van der Waals surface area contributed by atoms with Crippen LogP contribution in [0.1, 0.15) is 41.4 Å². The lowest BCUT2D eigenvalue weighted by molar-refractivity contribution is -0.0663. The quantitative estimate of drug-likeness (QED) is 0.794. The maximum Gasteiger partial charge on any atom is 0.289 e. The summed E-state index contributed by atoms with van der Waals surface area (Å²) in [6.45, 7) is -2.07. The largest absolute Gasteiger partial charge is 0.390 e. The number of hydrogen-bond acceptors (Lipinski definition) is 4. The van der Waals surface area contributed by atoms with Gasteiger partial charge in [-0.1, -0.05) is 11.6 Å². The van der Waals surface area contributed by atoms with E-state index < -0.39 is 25.0 Å². The summed E-state index contributed by atoms with van der Waals surface area (Å²) >= 11 is 0. The molecule has 0 atom stereocenters. The van der Waals surface area contributed by atoms with Crippen molar-refractivity contribution in [2.45, 2.75) is 37.6 Å². The van der Waals surface area contributed by atoms with Crippen LogP contribution >= 0.6 is 0 Å². The molecule has 8 heteroatoms. The summed E-state index contributed by atoms with van der Waals surface area (Å²) in [7, 11) is 0. The Morgan fingerprint density at radius 3 is 2.67 bits per heavy atom. The first-order valence-electron chi connectivity index (χ1n) is 5.66. The van der Waals surface area contributed by atoms with Crippen LogP contribution in [0.15, 0.2) is 0 Å². The highest BCUT2D eigenvalue weighted by atomic mass is 19.3. The molecule has 18 heavy (non-hydrogen) atoms. The van der Waals surface area contributed by atoms with Crippen molar-refractivity contribution in [1.82, 2.24) is 15.0 Å². The van der Waals surface area contributed by atoms with Gasteiger partial charge in [-0.2, -0.15) is 0 Å². The topological polar surface area (TPSA) is 94.0 Å². The highest BCUT2D eigenvalue weighted by molar-refractivity contribution is 5.92. The van der Waals surface area contributed by atoms with E-state index in [4.69, 9.17) is 10.8 Å². The van der Waals surface area contributed by atoms with Gasteiger partial charge in [-0.3, -0.25) is 4.79 Å². The number of aromatic nitrogens is 3. The fourth-order valence-electron chi connectivity index (χ4n) is 1.97. The van der Waals surface area contributed by atoms with Crippen molar-refractivity contribution in [1.29, 1.82) is 0 Å². The van der Waals surface area contributed by atoms with Gasteiger partial charge in [0.1, 0.15) is 13.2 Å². The van der Waals surface area contributed by atoms with Gasteiger partial charge < -0.3 is 10.8 Å². The Morgan fingerprint density at radius 2 is 2.22 bits per heavy atom. The number of carbonyl (C=O) groups is 1. The molecule has 0 saturated heterocycles. The SMILES string of the molecule is NC(=O)c1nnn(CC(F)(F)CO)c1C1CCC1. The number of halogens is 2. The average molecular weight is 260 g/mol. The van der Waals surface area contributed by atoms with Gasteiger partial charge in [-0.15, -0.1) is 5.10 Å². The standard InChI is InChI=1S/C10H14F2N4O2/c11-10(12,5-17)4-16-8(6-2-1-3-6)7(9(13)18)14-15-16/h6,17H,1-5H2,(H2,13,18). The first-order chi connectivity index (χ1) is 8.44. The predicted molar refractivity (Wildman–Crippen MR) is 57.2 cm³/mol. The van der Waals surface area contributed by atoms with Crippen molar-refractivity contribution in [2.24, 2.45) is 5.73 Å². The van der Waals surface area contributed by atoms with E-state index in [1.165, 1.54) is 0 Å². The second-order valence-corrected chi connectivity index (χ2v) is 4.49. The number of aliphatic hydroxyl groups excluding tert-OH is 1. The van der Waals surface area contributed by atoms with Crippen molar-refractivity contribution >= 4 is 5.91 Å². The third-order valence-corrected chi connectivity index (χ3v) is 3.11. The Morgan fingerprint density at radius 1 is 1.56 bits per heavy atom. The van der Waals surface area contributed by atoms with Gasteiger partial charge in [0.05, 0.1) is 5.69 Å². The number of nitrogens with zero attached hydrogens (tertiary/aromatic N) is 3. The second kappa shape index (κ2) is 4.60. The summed E-state index contributed by atoms with van der Waals surface area (Å²) in [5.74, 6) is -4.06. The summed E-state index contributed by atoms with van der Waals surface area (Å²) in [5, 5.41) is 15.7. The monoisotopic (exact) mass is 260 g/mol. The van der Waals surface area contributed by atoms with Crippen LogP contribution in [0.3, 0.4) is 0 Å². The Kier molecular flexibility index (Phi) is 3.29. The zero-order valence-corrected chi connectivity index (χ0v) is 9.64. The number of hydrogen-bond donors (Lipinski definition) is 2. The van der Waals surface area contributed by atoms with Crippen LogP contribution in [0.2, 0.25) is 0 Å². The summed E-state index contributed by atoms with van der Waals surface area (Å²) in [6.07, 6.45) is 2.58. The first kappa shape index (κ1) is 12.9. The predicted octanol–water partition coefficient (Wildman–Crippen LogP) is 0.272. The van der Waals surface area contributed by atoms with E-state index in [0.717, 1.165) is 23.9 Å². The normalized spacial score (nSPS) is 16.6. The zero-order valence-electron chi connectivity index (χ0n) is 9.64. The number of rotatable bonds is 5. The molecule has 0 bridgehead atoms. The maximum absolute atomic E-state index is 13.2. The molecule has 0 aliphatic heterocycles. The lowest BCUT2D eigenvalue weighted by Gasteiger charge is -2.27. The summed E-state index contributed by atoms with van der Waals surface area (Å²) in [5.41, 5.74) is 5.46. The molecule has 2 rings (SSSR count). The molecule has 0 unspecified atom stereocenters. The first-order valence-corrected chi connectivity index (χ1v) is 5.66. The van der Waals surface area contributed by atoms with Crippen LogP contribution in [-0.4, -0.2) is 38.5 Å². The van der Waals surface area contributed by atoms with E-state index in [0.29, 0.717) is 5.69 Å². The minimum Gasteiger partial charge on any atom is -0.390 e. The van der Waals surface area contributed by atoms with Crippen LogP contribution in [0.5, 0.6) is 0 Å². The molecule has 6 nitrogen and oxygen atoms in total. The number of alkyl halides is 2. The zero-order chi connectivity index (χ0) is 13.3. The number of aliphatic hydroxyl groups is 1.